The van der Waals surface area contributed by atoms with Crippen molar-refractivity contribution >= 4 is 17.5 Å². The van der Waals surface area contributed by atoms with Gasteiger partial charge in [-0.05, 0) is 19.4 Å². The number of hydrogen-bond donors (Lipinski definition) is 1. The molecule has 0 bridgehead atoms. The van der Waals surface area contributed by atoms with Crippen LogP contribution in [0.3, 0.4) is 0 Å². The zero-order valence-corrected chi connectivity index (χ0v) is 13.2. The molecule has 0 fully saturated rings. The second-order valence-electron chi connectivity index (χ2n) is 5.07. The van der Waals surface area contributed by atoms with Crippen LogP contribution in [0.5, 0.6) is 0 Å². The number of carbonyl (C=O) groups excluding carboxylic acids is 1. The molecular formula is C15H15ClF3N3O. The molecule has 0 aliphatic rings. The lowest BCUT2D eigenvalue weighted by Gasteiger charge is -2.14. The minimum Gasteiger partial charge on any atom is -0.350 e. The number of nitrogens with one attached hydrogen (secondary N) is 1. The molecule has 0 spiro atoms. The van der Waals surface area contributed by atoms with Crippen molar-refractivity contribution in [1.29, 1.82) is 0 Å². The van der Waals surface area contributed by atoms with Gasteiger partial charge in [0.2, 0.25) is 5.91 Å². The van der Waals surface area contributed by atoms with Crippen LogP contribution in [0.1, 0.15) is 29.9 Å². The molecule has 1 heterocycles. The van der Waals surface area contributed by atoms with Gasteiger partial charge in [0.15, 0.2) is 5.69 Å². The van der Waals surface area contributed by atoms with Crippen LogP contribution in [-0.2, 0) is 17.5 Å². The molecule has 1 N–H and O–H groups in total. The maximum absolute atomic E-state index is 12.8. The highest BCUT2D eigenvalue weighted by molar-refractivity contribution is 6.32. The number of carbonyl (C=O) groups is 1. The standard InChI is InChI=1S/C15H15ClF3N3O/c1-9-12(16)13(15(17,18)19)21-22(9)10(2)14(23)20-8-11-6-4-3-5-7-11/h3-7,10H,8H2,1-2H3,(H,20,23)/t10-/m1/s1. The van der Waals surface area contributed by atoms with Gasteiger partial charge in [-0.1, -0.05) is 41.9 Å². The monoisotopic (exact) mass is 345 g/mol. The fourth-order valence-corrected chi connectivity index (χ4v) is 2.33. The van der Waals surface area contributed by atoms with E-state index in [0.717, 1.165) is 10.2 Å². The van der Waals surface area contributed by atoms with Crippen molar-refractivity contribution in [2.24, 2.45) is 0 Å². The molecule has 1 atom stereocenters. The normalized spacial score (nSPS) is 13.0. The molecular weight excluding hydrogens is 331 g/mol. The lowest BCUT2D eigenvalue weighted by Crippen LogP contribution is -2.31. The van der Waals surface area contributed by atoms with E-state index in [1.165, 1.54) is 13.8 Å². The predicted octanol–water partition coefficient (Wildman–Crippen LogP) is 3.74. The Hall–Kier alpha value is -2.02. The highest BCUT2D eigenvalue weighted by Gasteiger charge is 2.39. The van der Waals surface area contributed by atoms with Crippen molar-refractivity contribution in [3.63, 3.8) is 0 Å². The van der Waals surface area contributed by atoms with E-state index in [1.807, 2.05) is 30.3 Å². The molecule has 8 heteroatoms. The molecule has 0 unspecified atom stereocenters. The van der Waals surface area contributed by atoms with Gasteiger partial charge in [0.05, 0.1) is 10.7 Å². The van der Waals surface area contributed by atoms with Gasteiger partial charge in [0.25, 0.3) is 0 Å². The molecule has 23 heavy (non-hydrogen) atoms. The van der Waals surface area contributed by atoms with E-state index in [2.05, 4.69) is 10.4 Å². The van der Waals surface area contributed by atoms with Crippen molar-refractivity contribution < 1.29 is 18.0 Å². The Morgan fingerprint density at radius 1 is 1.35 bits per heavy atom. The summed E-state index contributed by atoms with van der Waals surface area (Å²) >= 11 is 5.69. The van der Waals surface area contributed by atoms with Gasteiger partial charge in [0, 0.05) is 6.54 Å². The summed E-state index contributed by atoms with van der Waals surface area (Å²) in [7, 11) is 0. The highest BCUT2D eigenvalue weighted by Crippen LogP contribution is 2.36. The largest absolute Gasteiger partial charge is 0.436 e. The molecule has 1 aromatic heterocycles. The van der Waals surface area contributed by atoms with Gasteiger partial charge < -0.3 is 5.32 Å². The van der Waals surface area contributed by atoms with Crippen molar-refractivity contribution in [2.75, 3.05) is 0 Å². The maximum Gasteiger partial charge on any atom is 0.436 e. The molecule has 0 aliphatic carbocycles. The number of rotatable bonds is 4. The van der Waals surface area contributed by atoms with E-state index in [1.54, 1.807) is 0 Å². The predicted molar refractivity (Wildman–Crippen MR) is 80.0 cm³/mol. The Morgan fingerprint density at radius 3 is 2.48 bits per heavy atom. The van der Waals surface area contributed by atoms with E-state index >= 15 is 0 Å². The van der Waals surface area contributed by atoms with Gasteiger partial charge in [-0.25, -0.2) is 0 Å². The summed E-state index contributed by atoms with van der Waals surface area (Å²) in [5, 5.41) is 5.64. The first-order valence-electron chi connectivity index (χ1n) is 6.85. The third-order valence-corrected chi connectivity index (χ3v) is 3.85. The Labute approximate surface area is 136 Å². The fraction of sp³-hybridized carbons (Fsp3) is 0.333. The molecule has 0 saturated carbocycles. The van der Waals surface area contributed by atoms with Crippen molar-refractivity contribution in [3.8, 4) is 0 Å². The zero-order chi connectivity index (χ0) is 17.2. The van der Waals surface area contributed by atoms with Crippen LogP contribution in [-0.4, -0.2) is 15.7 Å². The van der Waals surface area contributed by atoms with Crippen LogP contribution in [0.4, 0.5) is 13.2 Å². The van der Waals surface area contributed by atoms with Crippen LogP contribution in [0.25, 0.3) is 0 Å². The quantitative estimate of drug-likeness (QED) is 0.917. The summed E-state index contributed by atoms with van der Waals surface area (Å²) in [6.45, 7) is 3.15. The Balaban J connectivity index is 2.14. The number of hydrogen-bond acceptors (Lipinski definition) is 2. The molecule has 124 valence electrons. The second kappa shape index (κ2) is 6.62. The van der Waals surface area contributed by atoms with Gasteiger partial charge in [-0.2, -0.15) is 18.3 Å². The molecule has 0 radical (unpaired) electrons. The third kappa shape index (κ3) is 3.85. The van der Waals surface area contributed by atoms with E-state index < -0.39 is 28.8 Å². The molecule has 4 nitrogen and oxygen atoms in total. The van der Waals surface area contributed by atoms with Crippen LogP contribution < -0.4 is 5.32 Å². The number of nitrogens with zero attached hydrogens (tertiary/aromatic N) is 2. The van der Waals surface area contributed by atoms with Crippen LogP contribution in [0.2, 0.25) is 5.02 Å². The summed E-state index contributed by atoms with van der Waals surface area (Å²) in [4.78, 5) is 12.1. The lowest BCUT2D eigenvalue weighted by atomic mass is 10.2. The number of halogens is 4. The molecule has 0 saturated heterocycles. The summed E-state index contributed by atoms with van der Waals surface area (Å²) in [5.74, 6) is -0.440. The van der Waals surface area contributed by atoms with Gasteiger partial charge >= 0.3 is 6.18 Å². The SMILES string of the molecule is Cc1c(Cl)c(C(F)(F)F)nn1[C@H](C)C(=O)NCc1ccccc1. The highest BCUT2D eigenvalue weighted by atomic mass is 35.5. The first-order chi connectivity index (χ1) is 10.7. The average molecular weight is 346 g/mol. The molecule has 0 aliphatic heterocycles. The smallest absolute Gasteiger partial charge is 0.350 e. The number of aromatic nitrogens is 2. The van der Waals surface area contributed by atoms with E-state index in [0.29, 0.717) is 0 Å². The molecule has 1 amide bonds. The van der Waals surface area contributed by atoms with Crippen LogP contribution >= 0.6 is 11.6 Å². The van der Waals surface area contributed by atoms with E-state index in [-0.39, 0.29) is 12.2 Å². The van der Waals surface area contributed by atoms with Crippen LogP contribution in [0, 0.1) is 6.92 Å². The molecule has 2 rings (SSSR count). The Morgan fingerprint density at radius 2 is 1.96 bits per heavy atom. The fourth-order valence-electron chi connectivity index (χ4n) is 2.10. The van der Waals surface area contributed by atoms with Gasteiger partial charge in [-0.3, -0.25) is 9.48 Å². The second-order valence-corrected chi connectivity index (χ2v) is 5.45. The Bertz CT molecular complexity index is 698. The van der Waals surface area contributed by atoms with Crippen molar-refractivity contribution in [1.82, 2.24) is 15.1 Å². The third-order valence-electron chi connectivity index (χ3n) is 3.40. The summed E-state index contributed by atoms with van der Waals surface area (Å²) < 4.78 is 39.4. The minimum atomic E-state index is -4.66. The topological polar surface area (TPSA) is 46.9 Å². The van der Waals surface area contributed by atoms with Crippen molar-refractivity contribution in [2.45, 2.75) is 32.6 Å². The average Bonchev–Trinajstić information content (AvgIpc) is 2.81. The first kappa shape index (κ1) is 17.3. The molecule has 2 aromatic rings. The van der Waals surface area contributed by atoms with Crippen LogP contribution in [0.15, 0.2) is 30.3 Å². The van der Waals surface area contributed by atoms with E-state index in [4.69, 9.17) is 11.6 Å². The number of alkyl halides is 3. The minimum absolute atomic E-state index is 0.0985. The van der Waals surface area contributed by atoms with Crippen molar-refractivity contribution in [3.05, 3.63) is 52.3 Å². The lowest BCUT2D eigenvalue weighted by molar-refractivity contribution is -0.141. The van der Waals surface area contributed by atoms with Gasteiger partial charge in [-0.15, -0.1) is 0 Å². The zero-order valence-electron chi connectivity index (χ0n) is 12.5. The summed E-state index contributed by atoms with van der Waals surface area (Å²) in [6, 6.07) is 8.27. The Kier molecular flexibility index (Phi) is 4.99. The van der Waals surface area contributed by atoms with Gasteiger partial charge in [0.1, 0.15) is 6.04 Å². The summed E-state index contributed by atoms with van der Waals surface area (Å²) in [5.41, 5.74) is -0.194. The first-order valence-corrected chi connectivity index (χ1v) is 7.23. The number of amides is 1. The van der Waals surface area contributed by atoms with E-state index in [9.17, 15) is 18.0 Å². The number of benzene rings is 1. The molecule has 1 aromatic carbocycles. The summed E-state index contributed by atoms with van der Waals surface area (Å²) in [6.07, 6.45) is -4.66. The maximum atomic E-state index is 12.8.